The van der Waals surface area contributed by atoms with Gasteiger partial charge < -0.3 is 25.0 Å². The van der Waals surface area contributed by atoms with Crippen molar-refractivity contribution in [3.05, 3.63) is 65.7 Å². The van der Waals surface area contributed by atoms with E-state index in [1.807, 2.05) is 0 Å². The fourth-order valence-corrected chi connectivity index (χ4v) is 3.91. The Morgan fingerprint density at radius 3 is 2.32 bits per heavy atom. The second-order valence-corrected chi connectivity index (χ2v) is 8.02. The summed E-state index contributed by atoms with van der Waals surface area (Å²) in [6.45, 7) is -0.127. The van der Waals surface area contributed by atoms with Gasteiger partial charge in [-0.05, 0) is 36.2 Å². The van der Waals surface area contributed by atoms with E-state index in [-0.39, 0.29) is 30.7 Å². The van der Waals surface area contributed by atoms with Crippen LogP contribution in [0, 0.1) is 0 Å². The molecule has 2 atom stereocenters. The van der Waals surface area contributed by atoms with Crippen molar-refractivity contribution in [1.29, 1.82) is 0 Å². The summed E-state index contributed by atoms with van der Waals surface area (Å²) in [6, 6.07) is 12.9. The van der Waals surface area contributed by atoms with Gasteiger partial charge in [0.1, 0.15) is 12.3 Å². The van der Waals surface area contributed by atoms with E-state index in [0.717, 1.165) is 4.90 Å². The SMILES string of the molecule is CN(CC(=O)O)C(=O)N1CC(NC(=O)c2ccccc2)CC(c2ccc(OC(F)(F)F)cc2)C1. The molecule has 2 aromatic rings. The summed E-state index contributed by atoms with van der Waals surface area (Å²) < 4.78 is 41.3. The molecule has 2 aromatic carbocycles. The minimum Gasteiger partial charge on any atom is -0.480 e. The molecule has 1 aliphatic rings. The number of carboxylic acid groups (broad SMARTS) is 1. The third-order valence-corrected chi connectivity index (χ3v) is 5.38. The van der Waals surface area contributed by atoms with Gasteiger partial charge in [-0.25, -0.2) is 4.79 Å². The quantitative estimate of drug-likeness (QED) is 0.663. The van der Waals surface area contributed by atoms with Gasteiger partial charge >= 0.3 is 18.4 Å². The first-order chi connectivity index (χ1) is 16.0. The monoisotopic (exact) mass is 479 g/mol. The maximum absolute atomic E-state index is 12.9. The molecule has 8 nitrogen and oxygen atoms in total. The largest absolute Gasteiger partial charge is 0.573 e. The maximum atomic E-state index is 12.9. The minimum absolute atomic E-state index is 0.160. The summed E-state index contributed by atoms with van der Waals surface area (Å²) in [5.41, 5.74) is 1.10. The number of amides is 3. The molecule has 2 unspecified atom stereocenters. The highest BCUT2D eigenvalue weighted by atomic mass is 19.4. The molecule has 0 spiro atoms. The van der Waals surface area contributed by atoms with Crippen LogP contribution in [0.5, 0.6) is 5.75 Å². The molecule has 182 valence electrons. The van der Waals surface area contributed by atoms with E-state index in [1.54, 1.807) is 30.3 Å². The van der Waals surface area contributed by atoms with Gasteiger partial charge in [0, 0.05) is 37.7 Å². The van der Waals surface area contributed by atoms with Crippen LogP contribution in [-0.2, 0) is 4.79 Å². The van der Waals surface area contributed by atoms with E-state index in [9.17, 15) is 27.6 Å². The number of rotatable bonds is 6. The lowest BCUT2D eigenvalue weighted by atomic mass is 9.88. The second-order valence-electron chi connectivity index (χ2n) is 8.02. The molecule has 0 saturated carbocycles. The van der Waals surface area contributed by atoms with E-state index in [4.69, 9.17) is 5.11 Å². The molecule has 11 heteroatoms. The van der Waals surface area contributed by atoms with E-state index in [1.165, 1.54) is 36.2 Å². The number of carbonyl (C=O) groups excluding carboxylic acids is 2. The first kappa shape index (κ1) is 24.9. The number of halogens is 3. The normalized spacial score (nSPS) is 18.2. The number of carbonyl (C=O) groups is 3. The standard InChI is InChI=1S/C23H24F3N3O5/c1-28(14-20(30)31)22(33)29-12-17(15-7-9-19(10-8-15)34-23(24,25)26)11-18(13-29)27-21(32)16-5-3-2-4-6-16/h2-10,17-18H,11-14H2,1H3,(H,27,32)(H,30,31). The molecule has 2 N–H and O–H groups in total. The smallest absolute Gasteiger partial charge is 0.480 e. The molecule has 34 heavy (non-hydrogen) atoms. The summed E-state index contributed by atoms with van der Waals surface area (Å²) in [7, 11) is 1.36. The minimum atomic E-state index is -4.81. The third kappa shape index (κ3) is 6.87. The number of piperidine rings is 1. The number of carboxylic acids is 1. The second kappa shape index (κ2) is 10.4. The van der Waals surface area contributed by atoms with Crippen molar-refractivity contribution in [1.82, 2.24) is 15.1 Å². The van der Waals surface area contributed by atoms with Crippen molar-refractivity contribution < 1.29 is 37.4 Å². The van der Waals surface area contributed by atoms with Gasteiger partial charge in [0.15, 0.2) is 0 Å². The summed E-state index contributed by atoms with van der Waals surface area (Å²) in [4.78, 5) is 39.0. The lowest BCUT2D eigenvalue weighted by Crippen LogP contribution is -2.55. The van der Waals surface area contributed by atoms with Gasteiger partial charge in [-0.2, -0.15) is 0 Å². The summed E-state index contributed by atoms with van der Waals surface area (Å²) in [5, 5.41) is 11.9. The molecular weight excluding hydrogens is 455 g/mol. The Morgan fingerprint density at radius 1 is 1.09 bits per heavy atom. The molecule has 3 amide bonds. The fourth-order valence-electron chi connectivity index (χ4n) is 3.91. The van der Waals surface area contributed by atoms with Crippen LogP contribution in [0.25, 0.3) is 0 Å². The zero-order valence-corrected chi connectivity index (χ0v) is 18.3. The van der Waals surface area contributed by atoms with Crippen molar-refractivity contribution in [2.75, 3.05) is 26.7 Å². The number of likely N-dealkylation sites (tertiary alicyclic amines) is 1. The van der Waals surface area contributed by atoms with E-state index < -0.39 is 30.9 Å². The van der Waals surface area contributed by atoms with Crippen LogP contribution in [0.1, 0.15) is 28.3 Å². The highest BCUT2D eigenvalue weighted by molar-refractivity contribution is 5.94. The van der Waals surface area contributed by atoms with Gasteiger partial charge in [-0.1, -0.05) is 30.3 Å². The van der Waals surface area contributed by atoms with Crippen molar-refractivity contribution in [3.8, 4) is 5.75 Å². The number of ether oxygens (including phenoxy) is 1. The number of hydrogen-bond acceptors (Lipinski definition) is 4. The number of alkyl halides is 3. The van der Waals surface area contributed by atoms with Crippen LogP contribution in [-0.4, -0.2) is 71.9 Å². The van der Waals surface area contributed by atoms with E-state index in [0.29, 0.717) is 17.5 Å². The van der Waals surface area contributed by atoms with Gasteiger partial charge in [0.2, 0.25) is 0 Å². The summed E-state index contributed by atoms with van der Waals surface area (Å²) >= 11 is 0. The molecule has 0 aliphatic carbocycles. The van der Waals surface area contributed by atoms with Crippen molar-refractivity contribution in [3.63, 3.8) is 0 Å². The van der Waals surface area contributed by atoms with Crippen LogP contribution in [0.4, 0.5) is 18.0 Å². The fraction of sp³-hybridized carbons (Fsp3) is 0.348. The molecular formula is C23H24F3N3O5. The van der Waals surface area contributed by atoms with E-state index in [2.05, 4.69) is 10.1 Å². The maximum Gasteiger partial charge on any atom is 0.573 e. The van der Waals surface area contributed by atoms with Crippen molar-refractivity contribution in [2.24, 2.45) is 0 Å². The van der Waals surface area contributed by atoms with Gasteiger partial charge in [-0.15, -0.1) is 13.2 Å². The van der Waals surface area contributed by atoms with Crippen molar-refractivity contribution in [2.45, 2.75) is 24.7 Å². The van der Waals surface area contributed by atoms with Crippen LogP contribution in [0.2, 0.25) is 0 Å². The summed E-state index contributed by atoms with van der Waals surface area (Å²) in [5.74, 6) is -2.17. The molecule has 1 saturated heterocycles. The Bertz CT molecular complexity index is 1010. The Balaban J connectivity index is 1.79. The average Bonchev–Trinajstić information content (AvgIpc) is 2.78. The molecule has 3 rings (SSSR count). The number of hydrogen-bond donors (Lipinski definition) is 2. The average molecular weight is 479 g/mol. The first-order valence-electron chi connectivity index (χ1n) is 10.5. The number of aliphatic carboxylic acids is 1. The zero-order chi connectivity index (χ0) is 24.9. The first-order valence-corrected chi connectivity index (χ1v) is 10.5. The van der Waals surface area contributed by atoms with Crippen LogP contribution in [0.15, 0.2) is 54.6 Å². The van der Waals surface area contributed by atoms with E-state index >= 15 is 0 Å². The number of nitrogens with one attached hydrogen (secondary N) is 1. The molecule has 0 bridgehead atoms. The lowest BCUT2D eigenvalue weighted by Gasteiger charge is -2.39. The Morgan fingerprint density at radius 2 is 1.74 bits per heavy atom. The number of likely N-dealkylation sites (N-methyl/N-ethyl adjacent to an activating group) is 1. The van der Waals surface area contributed by atoms with Gasteiger partial charge in [0.05, 0.1) is 0 Å². The molecule has 0 aromatic heterocycles. The van der Waals surface area contributed by atoms with Crippen LogP contribution >= 0.6 is 0 Å². The Hall–Kier alpha value is -3.76. The topological polar surface area (TPSA) is 99.2 Å². The van der Waals surface area contributed by atoms with Gasteiger partial charge in [0.25, 0.3) is 5.91 Å². The zero-order valence-electron chi connectivity index (χ0n) is 18.3. The van der Waals surface area contributed by atoms with Gasteiger partial charge in [-0.3, -0.25) is 9.59 Å². The third-order valence-electron chi connectivity index (χ3n) is 5.38. The molecule has 1 fully saturated rings. The molecule has 1 aliphatic heterocycles. The molecule has 0 radical (unpaired) electrons. The highest BCUT2D eigenvalue weighted by Gasteiger charge is 2.34. The predicted octanol–water partition coefficient (Wildman–Crippen LogP) is 3.31. The highest BCUT2D eigenvalue weighted by Crippen LogP contribution is 2.30. The Labute approximate surface area is 193 Å². The predicted molar refractivity (Wildman–Crippen MR) is 115 cm³/mol. The van der Waals surface area contributed by atoms with Crippen LogP contribution < -0.4 is 10.1 Å². The Kier molecular flexibility index (Phi) is 7.64. The number of nitrogens with zero attached hydrogens (tertiary/aromatic N) is 2. The lowest BCUT2D eigenvalue weighted by molar-refractivity contribution is -0.274. The molecule has 1 heterocycles. The van der Waals surface area contributed by atoms with Crippen LogP contribution in [0.3, 0.4) is 0 Å². The summed E-state index contributed by atoms with van der Waals surface area (Å²) in [6.07, 6.45) is -4.37. The number of urea groups is 1. The number of benzene rings is 2. The van der Waals surface area contributed by atoms with Crippen molar-refractivity contribution >= 4 is 17.9 Å².